The number of nitrogens with one attached hydrogen (secondary N) is 1. The van der Waals surface area contributed by atoms with E-state index in [1.54, 1.807) is 6.20 Å². The lowest BCUT2D eigenvalue weighted by molar-refractivity contribution is 0.309. The first-order valence-electron chi connectivity index (χ1n) is 7.74. The monoisotopic (exact) mass is 303 g/mol. The van der Waals surface area contributed by atoms with Crippen LogP contribution in [0.3, 0.4) is 0 Å². The molecule has 3 aromatic rings. The SMILES string of the molecule is c1cnc2c(OCc3ccc(C4=NCCN4)cc3)cccc2c1. The number of nitrogens with zero attached hydrogens (tertiary/aromatic N) is 2. The summed E-state index contributed by atoms with van der Waals surface area (Å²) in [7, 11) is 0. The quantitative estimate of drug-likeness (QED) is 0.805. The Labute approximate surface area is 134 Å². The Morgan fingerprint density at radius 3 is 2.70 bits per heavy atom. The number of para-hydroxylation sites is 1. The zero-order chi connectivity index (χ0) is 15.5. The predicted octanol–water partition coefficient (Wildman–Crippen LogP) is 3.16. The molecule has 0 fully saturated rings. The predicted molar refractivity (Wildman–Crippen MR) is 91.9 cm³/mol. The average Bonchev–Trinajstić information content (AvgIpc) is 3.15. The fourth-order valence-corrected chi connectivity index (χ4v) is 2.70. The summed E-state index contributed by atoms with van der Waals surface area (Å²) in [5.41, 5.74) is 3.15. The summed E-state index contributed by atoms with van der Waals surface area (Å²) in [6.45, 7) is 2.30. The van der Waals surface area contributed by atoms with E-state index in [1.807, 2.05) is 30.3 Å². The van der Waals surface area contributed by atoms with E-state index >= 15 is 0 Å². The number of hydrogen-bond acceptors (Lipinski definition) is 4. The molecule has 1 N–H and O–H groups in total. The Balaban J connectivity index is 1.50. The van der Waals surface area contributed by atoms with E-state index in [0.29, 0.717) is 6.61 Å². The number of hydrogen-bond donors (Lipinski definition) is 1. The number of pyridine rings is 1. The van der Waals surface area contributed by atoms with Crippen molar-refractivity contribution in [2.75, 3.05) is 13.1 Å². The molecule has 0 amide bonds. The Kier molecular flexibility index (Phi) is 3.64. The van der Waals surface area contributed by atoms with Gasteiger partial charge in [-0.1, -0.05) is 42.5 Å². The molecule has 23 heavy (non-hydrogen) atoms. The fraction of sp³-hybridized carbons (Fsp3) is 0.158. The van der Waals surface area contributed by atoms with Gasteiger partial charge in [-0.2, -0.15) is 0 Å². The van der Waals surface area contributed by atoms with Crippen LogP contribution in [0.15, 0.2) is 65.8 Å². The van der Waals surface area contributed by atoms with Gasteiger partial charge in [0.25, 0.3) is 0 Å². The molecular weight excluding hydrogens is 286 g/mol. The van der Waals surface area contributed by atoms with Crippen molar-refractivity contribution in [2.24, 2.45) is 4.99 Å². The molecule has 0 bridgehead atoms. The second-order valence-electron chi connectivity index (χ2n) is 5.47. The zero-order valence-electron chi connectivity index (χ0n) is 12.7. The maximum absolute atomic E-state index is 5.96. The van der Waals surface area contributed by atoms with E-state index in [4.69, 9.17) is 4.74 Å². The highest BCUT2D eigenvalue weighted by Crippen LogP contribution is 2.23. The average molecular weight is 303 g/mol. The van der Waals surface area contributed by atoms with Crippen molar-refractivity contribution in [3.8, 4) is 5.75 Å². The Bertz CT molecular complexity index is 851. The largest absolute Gasteiger partial charge is 0.487 e. The number of aromatic nitrogens is 1. The van der Waals surface area contributed by atoms with E-state index < -0.39 is 0 Å². The lowest BCUT2D eigenvalue weighted by Gasteiger charge is -2.09. The normalized spacial score (nSPS) is 13.7. The van der Waals surface area contributed by atoms with Crippen LogP contribution in [0.5, 0.6) is 5.75 Å². The molecule has 0 atom stereocenters. The molecule has 2 heterocycles. The topological polar surface area (TPSA) is 46.5 Å². The summed E-state index contributed by atoms with van der Waals surface area (Å²) < 4.78 is 5.96. The van der Waals surface area contributed by atoms with E-state index in [-0.39, 0.29) is 0 Å². The highest BCUT2D eigenvalue weighted by Gasteiger charge is 2.08. The first-order chi connectivity index (χ1) is 11.4. The van der Waals surface area contributed by atoms with Crippen molar-refractivity contribution in [3.63, 3.8) is 0 Å². The van der Waals surface area contributed by atoms with Crippen LogP contribution in [-0.2, 0) is 6.61 Å². The fourth-order valence-electron chi connectivity index (χ4n) is 2.70. The number of rotatable bonds is 4. The van der Waals surface area contributed by atoms with Crippen molar-refractivity contribution in [1.82, 2.24) is 10.3 Å². The summed E-state index contributed by atoms with van der Waals surface area (Å²) in [5.74, 6) is 1.80. The van der Waals surface area contributed by atoms with Crippen molar-refractivity contribution < 1.29 is 4.74 Å². The smallest absolute Gasteiger partial charge is 0.146 e. The lowest BCUT2D eigenvalue weighted by atomic mass is 10.1. The van der Waals surface area contributed by atoms with Crippen LogP contribution in [-0.4, -0.2) is 23.9 Å². The third kappa shape index (κ3) is 2.88. The van der Waals surface area contributed by atoms with Crippen molar-refractivity contribution >= 4 is 16.7 Å². The van der Waals surface area contributed by atoms with Gasteiger partial charge >= 0.3 is 0 Å². The van der Waals surface area contributed by atoms with E-state index in [1.165, 1.54) is 0 Å². The number of benzene rings is 2. The summed E-state index contributed by atoms with van der Waals surface area (Å²) in [5, 5.41) is 4.37. The van der Waals surface area contributed by atoms with Crippen LogP contribution >= 0.6 is 0 Å². The van der Waals surface area contributed by atoms with Crippen LogP contribution < -0.4 is 10.1 Å². The molecule has 0 spiro atoms. The molecule has 0 radical (unpaired) electrons. The molecule has 1 aromatic heterocycles. The molecule has 0 unspecified atom stereocenters. The Morgan fingerprint density at radius 1 is 1.00 bits per heavy atom. The van der Waals surface area contributed by atoms with Crippen LogP contribution in [0.2, 0.25) is 0 Å². The minimum Gasteiger partial charge on any atom is -0.487 e. The van der Waals surface area contributed by atoms with Crippen molar-refractivity contribution in [1.29, 1.82) is 0 Å². The molecule has 2 aromatic carbocycles. The third-order valence-electron chi connectivity index (χ3n) is 3.89. The molecule has 4 rings (SSSR count). The second-order valence-corrected chi connectivity index (χ2v) is 5.47. The summed E-state index contributed by atoms with van der Waals surface area (Å²) in [4.78, 5) is 8.84. The number of fused-ring (bicyclic) bond motifs is 1. The maximum Gasteiger partial charge on any atom is 0.146 e. The summed E-state index contributed by atoms with van der Waals surface area (Å²) in [6.07, 6.45) is 1.79. The van der Waals surface area contributed by atoms with Crippen LogP contribution in [0.25, 0.3) is 10.9 Å². The van der Waals surface area contributed by atoms with Gasteiger partial charge in [-0.05, 0) is 17.7 Å². The molecule has 0 aliphatic carbocycles. The Morgan fingerprint density at radius 2 is 1.87 bits per heavy atom. The van der Waals surface area contributed by atoms with Gasteiger partial charge in [-0.25, -0.2) is 0 Å². The molecule has 0 saturated carbocycles. The van der Waals surface area contributed by atoms with Gasteiger partial charge in [0.15, 0.2) is 0 Å². The molecule has 4 heteroatoms. The van der Waals surface area contributed by atoms with Gasteiger partial charge in [0.2, 0.25) is 0 Å². The molecule has 0 saturated heterocycles. The van der Waals surface area contributed by atoms with Gasteiger partial charge in [-0.15, -0.1) is 0 Å². The maximum atomic E-state index is 5.96. The number of ether oxygens (including phenoxy) is 1. The third-order valence-corrected chi connectivity index (χ3v) is 3.89. The van der Waals surface area contributed by atoms with E-state index in [2.05, 4.69) is 39.6 Å². The second kappa shape index (κ2) is 6.08. The van der Waals surface area contributed by atoms with Crippen LogP contribution in [0, 0.1) is 0 Å². The Hall–Kier alpha value is -2.88. The number of aliphatic imine (C=N–C) groups is 1. The molecule has 4 nitrogen and oxygen atoms in total. The first-order valence-corrected chi connectivity index (χ1v) is 7.74. The molecule has 114 valence electrons. The summed E-state index contributed by atoms with van der Waals surface area (Å²) >= 11 is 0. The van der Waals surface area contributed by atoms with Crippen molar-refractivity contribution in [3.05, 3.63) is 71.9 Å². The lowest BCUT2D eigenvalue weighted by Crippen LogP contribution is -2.19. The van der Waals surface area contributed by atoms with Crippen LogP contribution in [0.1, 0.15) is 11.1 Å². The van der Waals surface area contributed by atoms with Gasteiger partial charge in [0.05, 0.1) is 6.54 Å². The van der Waals surface area contributed by atoms with E-state index in [0.717, 1.165) is 46.7 Å². The van der Waals surface area contributed by atoms with Gasteiger partial charge in [-0.3, -0.25) is 9.98 Å². The van der Waals surface area contributed by atoms with Gasteiger partial charge in [0.1, 0.15) is 23.7 Å². The summed E-state index contributed by atoms with van der Waals surface area (Å²) in [6, 6.07) is 18.3. The molecular formula is C19H17N3O. The zero-order valence-corrected chi connectivity index (χ0v) is 12.7. The van der Waals surface area contributed by atoms with Crippen molar-refractivity contribution in [2.45, 2.75) is 6.61 Å². The van der Waals surface area contributed by atoms with Gasteiger partial charge in [0, 0.05) is 23.7 Å². The molecule has 1 aliphatic rings. The van der Waals surface area contributed by atoms with E-state index in [9.17, 15) is 0 Å². The van der Waals surface area contributed by atoms with Gasteiger partial charge < -0.3 is 10.1 Å². The minimum absolute atomic E-state index is 0.524. The van der Waals surface area contributed by atoms with Crippen LogP contribution in [0.4, 0.5) is 0 Å². The highest BCUT2D eigenvalue weighted by atomic mass is 16.5. The molecule has 1 aliphatic heterocycles. The first kappa shape index (κ1) is 13.8. The minimum atomic E-state index is 0.524. The highest BCUT2D eigenvalue weighted by molar-refractivity contribution is 5.99. The standard InChI is InChI=1S/C19H17N3O/c1-3-15-4-2-10-20-18(15)17(5-1)23-13-14-6-8-16(9-7-14)19-21-11-12-22-19/h1-10H,11-13H2,(H,21,22). The number of amidine groups is 1.